The lowest BCUT2D eigenvalue weighted by molar-refractivity contribution is -0.136. The quantitative estimate of drug-likeness (QED) is 0.878. The van der Waals surface area contributed by atoms with Crippen LogP contribution < -0.4 is 5.76 Å². The third-order valence-electron chi connectivity index (χ3n) is 2.85. The highest BCUT2D eigenvalue weighted by Crippen LogP contribution is 2.17. The van der Waals surface area contributed by atoms with Gasteiger partial charge in [0.2, 0.25) is 0 Å². The molecule has 1 unspecified atom stereocenters. The smallest absolute Gasteiger partial charge is 0.419 e. The molecule has 1 heterocycles. The molecule has 0 aliphatic heterocycles. The number of oxazole rings is 1. The van der Waals surface area contributed by atoms with Crippen molar-refractivity contribution in [3.05, 3.63) is 34.8 Å². The predicted molar refractivity (Wildman–Crippen MR) is 74.6 cm³/mol. The molecule has 102 valence electrons. The van der Waals surface area contributed by atoms with E-state index >= 15 is 0 Å². The maximum absolute atomic E-state index is 11.7. The SMILES string of the molecule is CCC(SCCn1c(=O)oc2ccccc21)C(=O)O. The number of para-hydroxylation sites is 2. The lowest BCUT2D eigenvalue weighted by Crippen LogP contribution is -2.19. The van der Waals surface area contributed by atoms with Crippen molar-refractivity contribution in [2.24, 2.45) is 0 Å². The topological polar surface area (TPSA) is 72.4 Å². The van der Waals surface area contributed by atoms with Gasteiger partial charge < -0.3 is 9.52 Å². The molecular weight excluding hydrogens is 266 g/mol. The van der Waals surface area contributed by atoms with Crippen molar-refractivity contribution in [3.8, 4) is 0 Å². The first-order valence-electron chi connectivity index (χ1n) is 6.06. The van der Waals surface area contributed by atoms with Crippen LogP contribution >= 0.6 is 11.8 Å². The third-order valence-corrected chi connectivity index (χ3v) is 4.21. The zero-order chi connectivity index (χ0) is 13.8. The lowest BCUT2D eigenvalue weighted by atomic mass is 10.3. The molecule has 19 heavy (non-hydrogen) atoms. The summed E-state index contributed by atoms with van der Waals surface area (Å²) in [5, 5.41) is 8.53. The molecular formula is C13H15NO4S. The zero-order valence-corrected chi connectivity index (χ0v) is 11.4. The highest BCUT2D eigenvalue weighted by atomic mass is 32.2. The molecule has 0 bridgehead atoms. The van der Waals surface area contributed by atoms with E-state index in [0.717, 1.165) is 5.52 Å². The van der Waals surface area contributed by atoms with Crippen LogP contribution in [0.5, 0.6) is 0 Å². The van der Waals surface area contributed by atoms with Crippen LogP contribution in [0.4, 0.5) is 0 Å². The Kier molecular flexibility index (Phi) is 4.31. The first-order chi connectivity index (χ1) is 9.13. The molecule has 2 aromatic rings. The molecule has 0 saturated carbocycles. The summed E-state index contributed by atoms with van der Waals surface area (Å²) in [7, 11) is 0. The standard InChI is InChI=1S/C13H15NO4S/c1-2-11(12(15)16)19-8-7-14-9-5-3-4-6-10(9)18-13(14)17/h3-6,11H,2,7-8H2,1H3,(H,15,16). The van der Waals surface area contributed by atoms with Crippen LogP contribution in [0.15, 0.2) is 33.5 Å². The number of carboxylic acid groups (broad SMARTS) is 1. The van der Waals surface area contributed by atoms with Crippen LogP contribution in [-0.4, -0.2) is 26.6 Å². The van der Waals surface area contributed by atoms with E-state index in [1.807, 2.05) is 25.1 Å². The molecule has 0 fully saturated rings. The highest BCUT2D eigenvalue weighted by Gasteiger charge is 2.15. The largest absolute Gasteiger partial charge is 0.480 e. The van der Waals surface area contributed by atoms with Gasteiger partial charge in [0.15, 0.2) is 5.58 Å². The van der Waals surface area contributed by atoms with E-state index in [1.54, 1.807) is 6.07 Å². The van der Waals surface area contributed by atoms with E-state index in [2.05, 4.69) is 0 Å². The molecule has 2 rings (SSSR count). The molecule has 0 radical (unpaired) electrons. The summed E-state index contributed by atoms with van der Waals surface area (Å²) in [6, 6.07) is 7.21. The summed E-state index contributed by atoms with van der Waals surface area (Å²) in [6.07, 6.45) is 0.570. The van der Waals surface area contributed by atoms with Crippen LogP contribution in [0.2, 0.25) is 0 Å². The number of carbonyl (C=O) groups is 1. The Balaban J connectivity index is 2.08. The minimum Gasteiger partial charge on any atom is -0.480 e. The summed E-state index contributed by atoms with van der Waals surface area (Å²) in [6.45, 7) is 2.29. The minimum atomic E-state index is -0.808. The third kappa shape index (κ3) is 3.01. The number of hydrogen-bond donors (Lipinski definition) is 1. The maximum Gasteiger partial charge on any atom is 0.419 e. The second kappa shape index (κ2) is 5.97. The van der Waals surface area contributed by atoms with Gasteiger partial charge in [0.05, 0.1) is 5.52 Å². The first-order valence-corrected chi connectivity index (χ1v) is 7.11. The summed E-state index contributed by atoms with van der Waals surface area (Å²) in [5.74, 6) is -0.643. The Morgan fingerprint density at radius 1 is 1.47 bits per heavy atom. The Morgan fingerprint density at radius 2 is 2.21 bits per heavy atom. The van der Waals surface area contributed by atoms with Gasteiger partial charge in [-0.25, -0.2) is 4.79 Å². The summed E-state index contributed by atoms with van der Waals surface area (Å²) in [5.41, 5.74) is 1.30. The van der Waals surface area contributed by atoms with Gasteiger partial charge in [0, 0.05) is 12.3 Å². The number of aliphatic carboxylic acids is 1. The van der Waals surface area contributed by atoms with Crippen molar-refractivity contribution in [3.63, 3.8) is 0 Å². The average Bonchev–Trinajstić information content (AvgIpc) is 2.70. The van der Waals surface area contributed by atoms with Crippen LogP contribution in [0.1, 0.15) is 13.3 Å². The highest BCUT2D eigenvalue weighted by molar-refractivity contribution is 8.00. The Hall–Kier alpha value is -1.69. The molecule has 1 atom stereocenters. The normalized spacial score (nSPS) is 12.7. The molecule has 0 spiro atoms. The number of aromatic nitrogens is 1. The van der Waals surface area contributed by atoms with Crippen LogP contribution in [0.3, 0.4) is 0 Å². The van der Waals surface area contributed by atoms with E-state index in [0.29, 0.717) is 24.3 Å². The van der Waals surface area contributed by atoms with Gasteiger partial charge in [-0.05, 0) is 18.6 Å². The van der Waals surface area contributed by atoms with Gasteiger partial charge >= 0.3 is 11.7 Å². The van der Waals surface area contributed by atoms with Gasteiger partial charge in [-0.2, -0.15) is 0 Å². The number of benzene rings is 1. The first kappa shape index (κ1) is 13.7. The number of nitrogens with zero attached hydrogens (tertiary/aromatic N) is 1. The molecule has 0 amide bonds. The van der Waals surface area contributed by atoms with E-state index < -0.39 is 17.0 Å². The fraction of sp³-hybridized carbons (Fsp3) is 0.385. The Labute approximate surface area is 114 Å². The summed E-state index contributed by atoms with van der Waals surface area (Å²) in [4.78, 5) is 22.6. The molecule has 0 aliphatic rings. The molecule has 1 aromatic carbocycles. The van der Waals surface area contributed by atoms with E-state index in [1.165, 1.54) is 16.3 Å². The van der Waals surface area contributed by atoms with E-state index in [4.69, 9.17) is 9.52 Å². The second-order valence-corrected chi connectivity index (χ2v) is 5.40. The number of carboxylic acids is 1. The molecule has 6 heteroatoms. The Bertz CT molecular complexity index is 631. The van der Waals surface area contributed by atoms with Gasteiger partial charge in [-0.15, -0.1) is 11.8 Å². The molecule has 0 aliphatic carbocycles. The number of fused-ring (bicyclic) bond motifs is 1. The second-order valence-electron chi connectivity index (χ2n) is 4.09. The predicted octanol–water partition coefficient (Wildman–Crippen LogP) is 2.19. The van der Waals surface area contributed by atoms with Crippen molar-refractivity contribution in [2.75, 3.05) is 5.75 Å². The maximum atomic E-state index is 11.7. The molecule has 1 N–H and O–H groups in total. The fourth-order valence-electron chi connectivity index (χ4n) is 1.88. The van der Waals surface area contributed by atoms with Crippen molar-refractivity contribution in [1.82, 2.24) is 4.57 Å². The van der Waals surface area contributed by atoms with Gasteiger partial charge in [-0.1, -0.05) is 19.1 Å². The summed E-state index contributed by atoms with van der Waals surface area (Å²) >= 11 is 1.34. The van der Waals surface area contributed by atoms with Gasteiger partial charge in [0.25, 0.3) is 0 Å². The fourth-order valence-corrected chi connectivity index (χ4v) is 2.83. The van der Waals surface area contributed by atoms with E-state index in [9.17, 15) is 9.59 Å². The van der Waals surface area contributed by atoms with Crippen LogP contribution in [-0.2, 0) is 11.3 Å². The lowest BCUT2D eigenvalue weighted by Gasteiger charge is -2.09. The number of hydrogen-bond acceptors (Lipinski definition) is 4. The van der Waals surface area contributed by atoms with Crippen molar-refractivity contribution >= 4 is 28.8 Å². The van der Waals surface area contributed by atoms with Gasteiger partial charge in [-0.3, -0.25) is 9.36 Å². The van der Waals surface area contributed by atoms with Crippen molar-refractivity contribution in [2.45, 2.75) is 25.1 Å². The van der Waals surface area contributed by atoms with Crippen LogP contribution in [0, 0.1) is 0 Å². The minimum absolute atomic E-state index is 0.398. The Morgan fingerprint density at radius 3 is 2.89 bits per heavy atom. The average molecular weight is 281 g/mol. The van der Waals surface area contributed by atoms with Gasteiger partial charge in [0.1, 0.15) is 5.25 Å². The molecule has 1 aromatic heterocycles. The zero-order valence-electron chi connectivity index (χ0n) is 10.5. The van der Waals surface area contributed by atoms with Crippen LogP contribution in [0.25, 0.3) is 11.1 Å². The monoisotopic (exact) mass is 281 g/mol. The number of thioether (sulfide) groups is 1. The van der Waals surface area contributed by atoms with Crippen molar-refractivity contribution < 1.29 is 14.3 Å². The number of rotatable bonds is 6. The van der Waals surface area contributed by atoms with E-state index in [-0.39, 0.29) is 0 Å². The number of aryl methyl sites for hydroxylation is 1. The molecule has 5 nitrogen and oxygen atoms in total. The summed E-state index contributed by atoms with van der Waals surface area (Å²) < 4.78 is 6.65. The van der Waals surface area contributed by atoms with Crippen molar-refractivity contribution in [1.29, 1.82) is 0 Å². The molecule has 0 saturated heterocycles.